The van der Waals surface area contributed by atoms with Crippen LogP contribution in [0.2, 0.25) is 0 Å². The number of nitrogens with zero attached hydrogens (tertiary/aromatic N) is 2. The second-order valence-corrected chi connectivity index (χ2v) is 5.63. The molecule has 7 heteroatoms. The number of unbranched alkanes of at least 4 members (excludes halogenated alkanes) is 1. The molecule has 7 nitrogen and oxygen atoms in total. The van der Waals surface area contributed by atoms with E-state index in [0.29, 0.717) is 18.0 Å². The van der Waals surface area contributed by atoms with Gasteiger partial charge in [-0.15, -0.1) is 0 Å². The van der Waals surface area contributed by atoms with Crippen molar-refractivity contribution in [2.24, 2.45) is 0 Å². The highest BCUT2D eigenvalue weighted by molar-refractivity contribution is 6.34. The second kappa shape index (κ2) is 6.72. The van der Waals surface area contributed by atoms with Gasteiger partial charge in [0.25, 0.3) is 17.5 Å². The van der Waals surface area contributed by atoms with Gasteiger partial charge in [0.1, 0.15) is 5.75 Å². The highest BCUT2D eigenvalue weighted by Crippen LogP contribution is 2.31. The minimum atomic E-state index is -0.594. The molecule has 0 fully saturated rings. The van der Waals surface area contributed by atoms with Crippen molar-refractivity contribution in [2.75, 3.05) is 11.5 Å². The first-order valence-corrected chi connectivity index (χ1v) is 7.93. The lowest BCUT2D eigenvalue weighted by atomic mass is 10.1. The number of anilines is 1. The van der Waals surface area contributed by atoms with Crippen LogP contribution in [0.5, 0.6) is 5.75 Å². The SMILES string of the molecule is CCCCOc1ccc(N2C(=O)c3ccc([N+](=O)[O-])cc3C2=O)cc1. The number of carbonyl (C=O) groups excluding carboxylic acids is 2. The lowest BCUT2D eigenvalue weighted by Crippen LogP contribution is -2.29. The molecule has 0 saturated carbocycles. The Morgan fingerprint density at radius 1 is 1.04 bits per heavy atom. The van der Waals surface area contributed by atoms with E-state index in [1.165, 1.54) is 12.1 Å². The van der Waals surface area contributed by atoms with E-state index >= 15 is 0 Å². The van der Waals surface area contributed by atoms with Gasteiger partial charge in [-0.25, -0.2) is 4.90 Å². The van der Waals surface area contributed by atoms with Crippen LogP contribution in [0, 0.1) is 10.1 Å². The summed E-state index contributed by atoms with van der Waals surface area (Å²) in [6.07, 6.45) is 1.97. The van der Waals surface area contributed by atoms with Crippen LogP contribution in [0.4, 0.5) is 11.4 Å². The molecule has 2 aromatic rings. The van der Waals surface area contributed by atoms with Crippen molar-refractivity contribution in [3.63, 3.8) is 0 Å². The molecule has 0 bridgehead atoms. The lowest BCUT2D eigenvalue weighted by molar-refractivity contribution is -0.384. The third-order valence-corrected chi connectivity index (χ3v) is 3.94. The number of ether oxygens (including phenoxy) is 1. The van der Waals surface area contributed by atoms with Gasteiger partial charge < -0.3 is 4.74 Å². The molecule has 2 aromatic carbocycles. The molecule has 0 spiro atoms. The standard InChI is InChI=1S/C18H16N2O5/c1-2-3-10-25-14-7-4-12(5-8-14)19-17(21)15-9-6-13(20(23)24)11-16(15)18(19)22/h4-9,11H,2-3,10H2,1H3. The molecule has 0 saturated heterocycles. The molecule has 2 amide bonds. The minimum Gasteiger partial charge on any atom is -0.494 e. The van der Waals surface area contributed by atoms with Gasteiger partial charge in [-0.3, -0.25) is 19.7 Å². The summed E-state index contributed by atoms with van der Waals surface area (Å²) in [5.41, 5.74) is 0.388. The van der Waals surface area contributed by atoms with Crippen LogP contribution in [-0.4, -0.2) is 23.3 Å². The molecule has 0 unspecified atom stereocenters. The van der Waals surface area contributed by atoms with Crippen molar-refractivity contribution in [1.29, 1.82) is 0 Å². The summed E-state index contributed by atoms with van der Waals surface area (Å²) in [7, 11) is 0. The molecular formula is C18H16N2O5. The van der Waals surface area contributed by atoms with Gasteiger partial charge in [-0.1, -0.05) is 13.3 Å². The van der Waals surface area contributed by atoms with Gasteiger partial charge in [-0.2, -0.15) is 0 Å². The summed E-state index contributed by atoms with van der Waals surface area (Å²) in [5.74, 6) is -0.401. The van der Waals surface area contributed by atoms with Gasteiger partial charge in [0.15, 0.2) is 0 Å². The Labute approximate surface area is 144 Å². The van der Waals surface area contributed by atoms with Crippen molar-refractivity contribution in [3.05, 3.63) is 63.7 Å². The molecule has 1 aliphatic heterocycles. The summed E-state index contributed by atoms with van der Waals surface area (Å²) in [5, 5.41) is 10.9. The van der Waals surface area contributed by atoms with E-state index in [1.54, 1.807) is 24.3 Å². The molecule has 1 aliphatic rings. The summed E-state index contributed by atoms with van der Waals surface area (Å²) in [6, 6.07) is 10.3. The van der Waals surface area contributed by atoms with Crippen LogP contribution in [0.1, 0.15) is 40.5 Å². The number of hydrogen-bond donors (Lipinski definition) is 0. The van der Waals surface area contributed by atoms with Crippen LogP contribution in [-0.2, 0) is 0 Å². The second-order valence-electron chi connectivity index (χ2n) is 5.63. The van der Waals surface area contributed by atoms with Gasteiger partial charge in [0.05, 0.1) is 28.3 Å². The number of rotatable bonds is 6. The van der Waals surface area contributed by atoms with Crippen molar-refractivity contribution < 1.29 is 19.2 Å². The fourth-order valence-electron chi connectivity index (χ4n) is 2.60. The van der Waals surface area contributed by atoms with Crippen LogP contribution in [0.25, 0.3) is 0 Å². The number of benzene rings is 2. The van der Waals surface area contributed by atoms with Gasteiger partial charge >= 0.3 is 0 Å². The third-order valence-electron chi connectivity index (χ3n) is 3.94. The van der Waals surface area contributed by atoms with E-state index in [4.69, 9.17) is 4.74 Å². The zero-order valence-corrected chi connectivity index (χ0v) is 13.6. The summed E-state index contributed by atoms with van der Waals surface area (Å²) in [4.78, 5) is 36.3. The number of imide groups is 1. The van der Waals surface area contributed by atoms with Crippen molar-refractivity contribution >= 4 is 23.2 Å². The predicted molar refractivity (Wildman–Crippen MR) is 91.1 cm³/mol. The van der Waals surface area contributed by atoms with Gasteiger partial charge in [-0.05, 0) is 36.8 Å². The van der Waals surface area contributed by atoms with E-state index in [1.807, 2.05) is 0 Å². The fourth-order valence-corrected chi connectivity index (χ4v) is 2.60. The number of carbonyl (C=O) groups is 2. The van der Waals surface area contributed by atoms with Gasteiger partial charge in [0.2, 0.25) is 0 Å². The van der Waals surface area contributed by atoms with E-state index in [2.05, 4.69) is 6.92 Å². The predicted octanol–water partition coefficient (Wildman–Crippen LogP) is 3.57. The Morgan fingerprint density at radius 2 is 1.72 bits per heavy atom. The highest BCUT2D eigenvalue weighted by atomic mass is 16.6. The molecule has 3 rings (SSSR count). The number of non-ortho nitro benzene ring substituents is 1. The fraction of sp³-hybridized carbons (Fsp3) is 0.222. The maximum atomic E-state index is 12.5. The number of hydrogen-bond acceptors (Lipinski definition) is 5. The minimum absolute atomic E-state index is 0.0440. The molecule has 128 valence electrons. The first-order chi connectivity index (χ1) is 12.0. The maximum Gasteiger partial charge on any atom is 0.270 e. The highest BCUT2D eigenvalue weighted by Gasteiger charge is 2.37. The van der Waals surface area contributed by atoms with Crippen LogP contribution in [0.15, 0.2) is 42.5 Å². The summed E-state index contributed by atoms with van der Waals surface area (Å²) in [6.45, 7) is 2.67. The quantitative estimate of drug-likeness (QED) is 0.347. The van der Waals surface area contributed by atoms with E-state index in [0.717, 1.165) is 23.8 Å². The lowest BCUT2D eigenvalue weighted by Gasteiger charge is -2.14. The first kappa shape index (κ1) is 16.6. The van der Waals surface area contributed by atoms with Crippen LogP contribution in [0.3, 0.4) is 0 Å². The third kappa shape index (κ3) is 3.08. The zero-order valence-electron chi connectivity index (χ0n) is 13.6. The Bertz CT molecular complexity index is 845. The topological polar surface area (TPSA) is 89.8 Å². The molecule has 0 aliphatic carbocycles. The van der Waals surface area contributed by atoms with E-state index < -0.39 is 16.7 Å². The van der Waals surface area contributed by atoms with Crippen molar-refractivity contribution in [2.45, 2.75) is 19.8 Å². The maximum absolute atomic E-state index is 12.5. The molecule has 1 heterocycles. The monoisotopic (exact) mass is 340 g/mol. The van der Waals surface area contributed by atoms with E-state index in [9.17, 15) is 19.7 Å². The Kier molecular flexibility index (Phi) is 4.47. The Balaban J connectivity index is 1.85. The van der Waals surface area contributed by atoms with Crippen molar-refractivity contribution in [1.82, 2.24) is 0 Å². The van der Waals surface area contributed by atoms with Gasteiger partial charge in [0, 0.05) is 12.1 Å². The normalized spacial score (nSPS) is 13.1. The van der Waals surface area contributed by atoms with E-state index in [-0.39, 0.29) is 16.8 Å². The number of amides is 2. The van der Waals surface area contributed by atoms with Crippen LogP contribution >= 0.6 is 0 Å². The largest absolute Gasteiger partial charge is 0.494 e. The molecule has 0 N–H and O–H groups in total. The molecule has 25 heavy (non-hydrogen) atoms. The molecule has 0 atom stereocenters. The van der Waals surface area contributed by atoms with Crippen LogP contribution < -0.4 is 9.64 Å². The average Bonchev–Trinajstić information content (AvgIpc) is 2.86. The molecule has 0 radical (unpaired) electrons. The van der Waals surface area contributed by atoms with Crippen molar-refractivity contribution in [3.8, 4) is 5.75 Å². The Hall–Kier alpha value is -3.22. The number of fused-ring (bicyclic) bond motifs is 1. The summed E-state index contributed by atoms with van der Waals surface area (Å²) >= 11 is 0. The molecule has 0 aromatic heterocycles. The smallest absolute Gasteiger partial charge is 0.270 e. The number of nitro groups is 1. The Morgan fingerprint density at radius 3 is 2.36 bits per heavy atom. The average molecular weight is 340 g/mol. The molecular weight excluding hydrogens is 324 g/mol. The number of nitro benzene ring substituents is 1. The zero-order chi connectivity index (χ0) is 18.0. The summed E-state index contributed by atoms with van der Waals surface area (Å²) < 4.78 is 5.56. The first-order valence-electron chi connectivity index (χ1n) is 7.93.